The third-order valence-corrected chi connectivity index (χ3v) is 8.08. The Kier molecular flexibility index (Phi) is 6.11. The maximum atomic E-state index is 13.2. The molecule has 1 saturated carbocycles. The SMILES string of the molecule is Cc1c2n(c3nc(Nc4ccc(N5CCN(C(=O)OC(C)(C)C)CC5)cn4)ncc13)C1CCCC1N(C)C2=O. The number of carbonyl (C=O) groups excluding carboxylic acids is 2. The maximum absolute atomic E-state index is 13.2. The number of piperazine rings is 1. The molecule has 2 aliphatic heterocycles. The van der Waals surface area contributed by atoms with Crippen molar-refractivity contribution in [3.63, 3.8) is 0 Å². The molecule has 0 bridgehead atoms. The van der Waals surface area contributed by atoms with Crippen molar-refractivity contribution in [3.8, 4) is 0 Å². The second-order valence-corrected chi connectivity index (χ2v) is 11.7. The number of hydrogen-bond acceptors (Lipinski definition) is 8. The Morgan fingerprint density at radius 2 is 1.79 bits per heavy atom. The van der Waals surface area contributed by atoms with Gasteiger partial charge in [-0.05, 0) is 64.7 Å². The number of pyridine rings is 1. The minimum absolute atomic E-state index is 0.0624. The fourth-order valence-corrected chi connectivity index (χ4v) is 6.11. The lowest BCUT2D eigenvalue weighted by molar-refractivity contribution is 0.0240. The highest BCUT2D eigenvalue weighted by atomic mass is 16.6. The zero-order chi connectivity index (χ0) is 27.5. The van der Waals surface area contributed by atoms with Gasteiger partial charge >= 0.3 is 6.09 Å². The van der Waals surface area contributed by atoms with Crippen molar-refractivity contribution in [2.24, 2.45) is 0 Å². The second kappa shape index (κ2) is 9.39. The summed E-state index contributed by atoms with van der Waals surface area (Å²) in [7, 11) is 1.92. The summed E-state index contributed by atoms with van der Waals surface area (Å²) in [5, 5.41) is 4.15. The Morgan fingerprint density at radius 3 is 2.49 bits per heavy atom. The molecule has 1 aliphatic carbocycles. The lowest BCUT2D eigenvalue weighted by Gasteiger charge is -2.37. The molecule has 206 valence electrons. The highest BCUT2D eigenvalue weighted by Crippen LogP contribution is 2.42. The summed E-state index contributed by atoms with van der Waals surface area (Å²) >= 11 is 0. The van der Waals surface area contributed by atoms with Crippen molar-refractivity contribution >= 4 is 40.5 Å². The first-order valence-corrected chi connectivity index (χ1v) is 13.7. The molecule has 3 aromatic heterocycles. The molecule has 2 atom stereocenters. The molecular formula is C28H36N8O3. The number of anilines is 3. The van der Waals surface area contributed by atoms with Gasteiger partial charge in [-0.3, -0.25) is 4.79 Å². The predicted molar refractivity (Wildman–Crippen MR) is 149 cm³/mol. The van der Waals surface area contributed by atoms with Crippen molar-refractivity contribution in [2.45, 2.75) is 64.6 Å². The van der Waals surface area contributed by atoms with E-state index < -0.39 is 5.60 Å². The van der Waals surface area contributed by atoms with Gasteiger partial charge in [-0.15, -0.1) is 0 Å². The van der Waals surface area contributed by atoms with Crippen LogP contribution in [0.1, 0.15) is 62.1 Å². The summed E-state index contributed by atoms with van der Waals surface area (Å²) in [6.45, 7) is 10.2. The van der Waals surface area contributed by atoms with Gasteiger partial charge in [-0.2, -0.15) is 4.98 Å². The highest BCUT2D eigenvalue weighted by molar-refractivity contribution is 6.01. The summed E-state index contributed by atoms with van der Waals surface area (Å²) in [6, 6.07) is 4.38. The highest BCUT2D eigenvalue weighted by Gasteiger charge is 2.43. The fraction of sp³-hybridized carbons (Fsp3) is 0.536. The quantitative estimate of drug-likeness (QED) is 0.537. The molecule has 39 heavy (non-hydrogen) atoms. The van der Waals surface area contributed by atoms with Crippen LogP contribution < -0.4 is 10.2 Å². The van der Waals surface area contributed by atoms with Crippen LogP contribution in [0.5, 0.6) is 0 Å². The van der Waals surface area contributed by atoms with Crippen LogP contribution in [0.25, 0.3) is 11.0 Å². The van der Waals surface area contributed by atoms with Crippen molar-refractivity contribution in [1.82, 2.24) is 29.3 Å². The number of rotatable bonds is 3. The van der Waals surface area contributed by atoms with E-state index in [9.17, 15) is 9.59 Å². The monoisotopic (exact) mass is 532 g/mol. The van der Waals surface area contributed by atoms with Crippen molar-refractivity contribution in [2.75, 3.05) is 43.4 Å². The van der Waals surface area contributed by atoms with Gasteiger partial charge in [0.1, 0.15) is 22.8 Å². The lowest BCUT2D eigenvalue weighted by atomic mass is 10.1. The van der Waals surface area contributed by atoms with E-state index >= 15 is 0 Å². The van der Waals surface area contributed by atoms with Crippen molar-refractivity contribution < 1.29 is 14.3 Å². The Balaban J connectivity index is 1.17. The van der Waals surface area contributed by atoms with Gasteiger partial charge < -0.3 is 29.3 Å². The average molecular weight is 533 g/mol. The second-order valence-electron chi connectivity index (χ2n) is 11.7. The van der Waals surface area contributed by atoms with Gasteiger partial charge in [0.25, 0.3) is 5.91 Å². The van der Waals surface area contributed by atoms with E-state index in [0.717, 1.165) is 47.2 Å². The number of hydrogen-bond donors (Lipinski definition) is 1. The molecule has 2 amide bonds. The number of nitrogens with one attached hydrogen (secondary N) is 1. The molecular weight excluding hydrogens is 496 g/mol. The smallest absolute Gasteiger partial charge is 0.410 e. The minimum atomic E-state index is -0.498. The van der Waals surface area contributed by atoms with Gasteiger partial charge in [0.2, 0.25) is 5.95 Å². The van der Waals surface area contributed by atoms with Crippen LogP contribution in [-0.2, 0) is 4.74 Å². The van der Waals surface area contributed by atoms with Crippen LogP contribution >= 0.6 is 0 Å². The Hall–Kier alpha value is -3.89. The topological polar surface area (TPSA) is 109 Å². The van der Waals surface area contributed by atoms with Crippen molar-refractivity contribution in [1.29, 1.82) is 0 Å². The van der Waals surface area contributed by atoms with Crippen LogP contribution in [0.2, 0.25) is 0 Å². The Morgan fingerprint density at radius 1 is 1.05 bits per heavy atom. The number of aromatic nitrogens is 4. The Bertz CT molecular complexity index is 1420. The first kappa shape index (κ1) is 25.4. The molecule has 0 spiro atoms. The molecule has 11 nitrogen and oxygen atoms in total. The van der Waals surface area contributed by atoms with Crippen LogP contribution in [-0.4, -0.2) is 86.2 Å². The molecule has 5 heterocycles. The normalized spacial score (nSPS) is 21.3. The molecule has 0 radical (unpaired) electrons. The van der Waals surface area contributed by atoms with Gasteiger partial charge in [-0.25, -0.2) is 14.8 Å². The summed E-state index contributed by atoms with van der Waals surface area (Å²) in [4.78, 5) is 45.4. The third-order valence-electron chi connectivity index (χ3n) is 8.08. The summed E-state index contributed by atoms with van der Waals surface area (Å²) in [6.07, 6.45) is 6.53. The van der Waals surface area contributed by atoms with Crippen LogP contribution in [0.3, 0.4) is 0 Å². The van der Waals surface area contributed by atoms with E-state index in [2.05, 4.69) is 24.8 Å². The number of nitrogens with zero attached hydrogens (tertiary/aromatic N) is 7. The molecule has 3 aliphatic rings. The predicted octanol–water partition coefficient (Wildman–Crippen LogP) is 4.11. The number of ether oxygens (including phenoxy) is 1. The minimum Gasteiger partial charge on any atom is -0.444 e. The zero-order valence-corrected chi connectivity index (χ0v) is 23.3. The lowest BCUT2D eigenvalue weighted by Crippen LogP contribution is -2.50. The van der Waals surface area contributed by atoms with E-state index in [1.807, 2.05) is 58.0 Å². The number of fused-ring (bicyclic) bond motifs is 5. The van der Waals surface area contributed by atoms with Gasteiger partial charge in [0.05, 0.1) is 24.0 Å². The van der Waals surface area contributed by atoms with E-state index in [4.69, 9.17) is 9.72 Å². The van der Waals surface area contributed by atoms with E-state index in [1.165, 1.54) is 0 Å². The molecule has 1 N–H and O–H groups in total. The number of likely N-dealkylation sites (N-methyl/N-ethyl adjacent to an activating group) is 1. The van der Waals surface area contributed by atoms with Gasteiger partial charge in [0.15, 0.2) is 0 Å². The molecule has 3 aromatic rings. The Labute approximate surface area is 228 Å². The van der Waals surface area contributed by atoms with Crippen LogP contribution in [0.4, 0.5) is 22.2 Å². The number of aryl methyl sites for hydroxylation is 1. The van der Waals surface area contributed by atoms with Crippen LogP contribution in [0.15, 0.2) is 24.5 Å². The van der Waals surface area contributed by atoms with Crippen molar-refractivity contribution in [3.05, 3.63) is 35.8 Å². The standard InChI is InChI=1S/C28H36N8O3/c1-17-19-16-30-26(32-24(19)36-21-8-6-7-20(21)33(5)25(37)23(17)36)31-22-10-9-18(15-29-22)34-11-13-35(14-12-34)27(38)39-28(2,3)4/h9-10,15-16,20-21H,6-8,11-14H2,1-5H3,(H,29,30,31,32). The molecule has 2 fully saturated rings. The molecule has 6 rings (SSSR count). The maximum Gasteiger partial charge on any atom is 0.410 e. The third kappa shape index (κ3) is 4.53. The number of carbonyl (C=O) groups is 2. The zero-order valence-electron chi connectivity index (χ0n) is 23.3. The fourth-order valence-electron chi connectivity index (χ4n) is 6.11. The molecule has 11 heteroatoms. The summed E-state index contributed by atoms with van der Waals surface area (Å²) in [5.41, 5.74) is 2.97. The van der Waals surface area contributed by atoms with E-state index in [-0.39, 0.29) is 24.1 Å². The van der Waals surface area contributed by atoms with E-state index in [0.29, 0.717) is 37.9 Å². The van der Waals surface area contributed by atoms with Gasteiger partial charge in [0, 0.05) is 44.8 Å². The summed E-state index contributed by atoms with van der Waals surface area (Å²) < 4.78 is 7.65. The molecule has 2 unspecified atom stereocenters. The summed E-state index contributed by atoms with van der Waals surface area (Å²) in [5.74, 6) is 1.16. The van der Waals surface area contributed by atoms with E-state index in [1.54, 1.807) is 11.1 Å². The number of amides is 2. The van der Waals surface area contributed by atoms with Gasteiger partial charge in [-0.1, -0.05) is 0 Å². The van der Waals surface area contributed by atoms with Crippen LogP contribution in [0, 0.1) is 6.92 Å². The first-order valence-electron chi connectivity index (χ1n) is 13.7. The largest absolute Gasteiger partial charge is 0.444 e. The first-order chi connectivity index (χ1) is 18.6. The molecule has 0 aromatic carbocycles. The molecule has 1 saturated heterocycles. The average Bonchev–Trinajstić information content (AvgIpc) is 3.50.